The molecule has 2 aromatic carbocycles. The van der Waals surface area contributed by atoms with Crippen molar-refractivity contribution in [1.82, 2.24) is 0 Å². The summed E-state index contributed by atoms with van der Waals surface area (Å²) in [7, 11) is 0. The van der Waals surface area contributed by atoms with Crippen LogP contribution < -0.4 is 5.32 Å². The van der Waals surface area contributed by atoms with Crippen LogP contribution in [-0.4, -0.2) is 5.91 Å². The molecule has 1 N–H and O–H groups in total. The lowest BCUT2D eigenvalue weighted by Crippen LogP contribution is -2.14. The van der Waals surface area contributed by atoms with Gasteiger partial charge in [0.25, 0.3) is 5.91 Å². The van der Waals surface area contributed by atoms with Crippen LogP contribution in [0.5, 0.6) is 0 Å². The first kappa shape index (κ1) is 12.2. The minimum Gasteiger partial charge on any atom is -0.322 e. The van der Waals surface area contributed by atoms with Crippen LogP contribution in [0.2, 0.25) is 0 Å². The Balaban J connectivity index is 2.24. The number of rotatable bonds is 2. The SMILES string of the molecule is Cc1cc(F)ccc1NC(=O)c1ccccc1F. The van der Waals surface area contributed by atoms with Gasteiger partial charge in [0, 0.05) is 5.69 Å². The van der Waals surface area contributed by atoms with Gasteiger partial charge in [-0.15, -0.1) is 0 Å². The number of nitrogens with one attached hydrogen (secondary N) is 1. The fourth-order valence-electron chi connectivity index (χ4n) is 1.60. The van der Waals surface area contributed by atoms with Crippen LogP contribution in [-0.2, 0) is 0 Å². The first-order chi connectivity index (χ1) is 8.58. The highest BCUT2D eigenvalue weighted by atomic mass is 19.1. The number of carbonyl (C=O) groups is 1. The van der Waals surface area contributed by atoms with Gasteiger partial charge >= 0.3 is 0 Å². The van der Waals surface area contributed by atoms with Gasteiger partial charge in [-0.25, -0.2) is 8.78 Å². The quantitative estimate of drug-likeness (QED) is 0.864. The van der Waals surface area contributed by atoms with Crippen LogP contribution >= 0.6 is 0 Å². The van der Waals surface area contributed by atoms with Gasteiger partial charge in [-0.1, -0.05) is 12.1 Å². The number of aryl methyl sites for hydroxylation is 1. The van der Waals surface area contributed by atoms with Crippen molar-refractivity contribution in [3.63, 3.8) is 0 Å². The van der Waals surface area contributed by atoms with Gasteiger partial charge in [-0.2, -0.15) is 0 Å². The third-order valence-electron chi connectivity index (χ3n) is 2.56. The number of amides is 1. The Bertz CT molecular complexity index is 596. The molecule has 0 saturated heterocycles. The van der Waals surface area contributed by atoms with Gasteiger partial charge in [0.05, 0.1) is 5.56 Å². The number of anilines is 1. The van der Waals surface area contributed by atoms with Gasteiger partial charge in [-0.05, 0) is 42.8 Å². The summed E-state index contributed by atoms with van der Waals surface area (Å²) in [6.07, 6.45) is 0. The van der Waals surface area contributed by atoms with Gasteiger partial charge in [0.15, 0.2) is 0 Å². The number of carbonyl (C=O) groups excluding carboxylic acids is 1. The van der Waals surface area contributed by atoms with Crippen molar-refractivity contribution in [3.05, 3.63) is 65.2 Å². The molecule has 0 aliphatic heterocycles. The molecule has 0 saturated carbocycles. The molecule has 0 atom stereocenters. The number of hydrogen-bond acceptors (Lipinski definition) is 1. The fourth-order valence-corrected chi connectivity index (χ4v) is 1.60. The molecule has 0 unspecified atom stereocenters. The van der Waals surface area contributed by atoms with Crippen molar-refractivity contribution < 1.29 is 13.6 Å². The first-order valence-corrected chi connectivity index (χ1v) is 5.40. The molecular weight excluding hydrogens is 236 g/mol. The summed E-state index contributed by atoms with van der Waals surface area (Å²) in [6, 6.07) is 9.69. The normalized spacial score (nSPS) is 10.2. The Morgan fingerprint density at radius 3 is 2.50 bits per heavy atom. The Morgan fingerprint density at radius 1 is 1.11 bits per heavy atom. The lowest BCUT2D eigenvalue weighted by Gasteiger charge is -2.08. The average molecular weight is 247 g/mol. The molecule has 0 bridgehead atoms. The molecular formula is C14H11F2NO. The minimum absolute atomic E-state index is 0.0405. The summed E-state index contributed by atoms with van der Waals surface area (Å²) in [5.74, 6) is -1.52. The monoisotopic (exact) mass is 247 g/mol. The van der Waals surface area contributed by atoms with E-state index in [4.69, 9.17) is 0 Å². The predicted octanol–water partition coefficient (Wildman–Crippen LogP) is 3.53. The summed E-state index contributed by atoms with van der Waals surface area (Å²) in [6.45, 7) is 1.67. The van der Waals surface area contributed by atoms with E-state index < -0.39 is 11.7 Å². The van der Waals surface area contributed by atoms with Crippen LogP contribution in [0.15, 0.2) is 42.5 Å². The molecule has 4 heteroatoms. The number of benzene rings is 2. The predicted molar refractivity (Wildman–Crippen MR) is 65.5 cm³/mol. The lowest BCUT2D eigenvalue weighted by molar-refractivity contribution is 0.102. The van der Waals surface area contributed by atoms with Crippen LogP contribution in [0.4, 0.5) is 14.5 Å². The molecule has 92 valence electrons. The fraction of sp³-hybridized carbons (Fsp3) is 0.0714. The number of hydrogen-bond donors (Lipinski definition) is 1. The van der Waals surface area contributed by atoms with Gasteiger partial charge in [-0.3, -0.25) is 4.79 Å². The highest BCUT2D eigenvalue weighted by Crippen LogP contribution is 2.17. The van der Waals surface area contributed by atoms with Gasteiger partial charge in [0.2, 0.25) is 0 Å². The molecule has 0 fully saturated rings. The van der Waals surface area contributed by atoms with E-state index in [1.54, 1.807) is 13.0 Å². The summed E-state index contributed by atoms with van der Waals surface area (Å²) >= 11 is 0. The zero-order valence-electron chi connectivity index (χ0n) is 9.71. The Kier molecular flexibility index (Phi) is 3.37. The average Bonchev–Trinajstić information content (AvgIpc) is 2.33. The van der Waals surface area contributed by atoms with Crippen LogP contribution in [0, 0.1) is 18.6 Å². The highest BCUT2D eigenvalue weighted by Gasteiger charge is 2.11. The van der Waals surface area contributed by atoms with E-state index in [2.05, 4.69) is 5.32 Å². The Hall–Kier alpha value is -2.23. The maximum absolute atomic E-state index is 13.4. The van der Waals surface area contributed by atoms with Gasteiger partial charge < -0.3 is 5.32 Å². The third-order valence-corrected chi connectivity index (χ3v) is 2.56. The molecule has 2 rings (SSSR count). The van der Waals surface area contributed by atoms with Crippen LogP contribution in [0.1, 0.15) is 15.9 Å². The van der Waals surface area contributed by atoms with Crippen molar-refractivity contribution in [2.75, 3.05) is 5.32 Å². The van der Waals surface area contributed by atoms with Gasteiger partial charge in [0.1, 0.15) is 11.6 Å². The van der Waals surface area contributed by atoms with E-state index in [0.717, 1.165) is 0 Å². The smallest absolute Gasteiger partial charge is 0.258 e. The molecule has 1 amide bonds. The van der Waals surface area contributed by atoms with E-state index in [9.17, 15) is 13.6 Å². The second-order valence-electron chi connectivity index (χ2n) is 3.89. The van der Waals surface area contributed by atoms with Crippen molar-refractivity contribution in [2.24, 2.45) is 0 Å². The summed E-state index contributed by atoms with van der Waals surface area (Å²) in [5.41, 5.74) is 1.01. The molecule has 0 aliphatic carbocycles. The molecule has 0 radical (unpaired) electrons. The molecule has 0 heterocycles. The number of halogens is 2. The Labute approximate surface area is 103 Å². The topological polar surface area (TPSA) is 29.1 Å². The third kappa shape index (κ3) is 2.53. The minimum atomic E-state index is -0.588. The second kappa shape index (κ2) is 4.96. The first-order valence-electron chi connectivity index (χ1n) is 5.40. The summed E-state index contributed by atoms with van der Waals surface area (Å²) in [4.78, 5) is 11.8. The lowest BCUT2D eigenvalue weighted by atomic mass is 10.1. The standard InChI is InChI=1S/C14H11F2NO/c1-9-8-10(15)6-7-13(9)17-14(18)11-4-2-3-5-12(11)16/h2-8H,1H3,(H,17,18). The van der Waals surface area contributed by atoms with E-state index in [0.29, 0.717) is 11.3 Å². The highest BCUT2D eigenvalue weighted by molar-refractivity contribution is 6.04. The molecule has 2 aromatic rings. The van der Waals surface area contributed by atoms with Crippen LogP contribution in [0.25, 0.3) is 0 Å². The van der Waals surface area contributed by atoms with E-state index in [1.807, 2.05) is 0 Å². The van der Waals surface area contributed by atoms with Crippen molar-refractivity contribution >= 4 is 11.6 Å². The van der Waals surface area contributed by atoms with E-state index in [1.165, 1.54) is 36.4 Å². The van der Waals surface area contributed by atoms with Crippen molar-refractivity contribution in [1.29, 1.82) is 0 Å². The summed E-state index contributed by atoms with van der Waals surface area (Å²) < 4.78 is 26.3. The molecule has 18 heavy (non-hydrogen) atoms. The molecule has 0 spiro atoms. The van der Waals surface area contributed by atoms with E-state index in [-0.39, 0.29) is 11.4 Å². The maximum Gasteiger partial charge on any atom is 0.258 e. The largest absolute Gasteiger partial charge is 0.322 e. The van der Waals surface area contributed by atoms with Crippen LogP contribution in [0.3, 0.4) is 0 Å². The zero-order valence-corrected chi connectivity index (χ0v) is 9.71. The van der Waals surface area contributed by atoms with E-state index >= 15 is 0 Å². The molecule has 0 aliphatic rings. The Morgan fingerprint density at radius 2 is 1.83 bits per heavy atom. The van der Waals surface area contributed by atoms with Crippen molar-refractivity contribution in [2.45, 2.75) is 6.92 Å². The molecule has 0 aromatic heterocycles. The maximum atomic E-state index is 13.4. The summed E-state index contributed by atoms with van der Waals surface area (Å²) in [5, 5.41) is 2.55. The molecule has 2 nitrogen and oxygen atoms in total. The van der Waals surface area contributed by atoms with Crippen molar-refractivity contribution in [3.8, 4) is 0 Å². The second-order valence-corrected chi connectivity index (χ2v) is 3.89. The zero-order chi connectivity index (χ0) is 13.1.